The fourth-order valence-corrected chi connectivity index (χ4v) is 3.71. The Labute approximate surface area is 172 Å². The lowest BCUT2D eigenvalue weighted by Crippen LogP contribution is -2.26. The van der Waals surface area contributed by atoms with Crippen LogP contribution in [-0.2, 0) is 16.0 Å². The molecule has 0 amide bonds. The van der Waals surface area contributed by atoms with E-state index in [-0.39, 0.29) is 11.9 Å². The Morgan fingerprint density at radius 2 is 2.00 bits per heavy atom. The first-order valence-electron chi connectivity index (χ1n) is 9.27. The number of methoxy groups -OCH3 is 1. The van der Waals surface area contributed by atoms with Crippen molar-refractivity contribution >= 4 is 21.9 Å². The van der Waals surface area contributed by atoms with Crippen LogP contribution in [0.4, 0.5) is 0 Å². The summed E-state index contributed by atoms with van der Waals surface area (Å²) in [6.07, 6.45) is 7.64. The van der Waals surface area contributed by atoms with Crippen LogP contribution in [0.3, 0.4) is 0 Å². The molecule has 2 atom stereocenters. The minimum atomic E-state index is -0.276. The summed E-state index contributed by atoms with van der Waals surface area (Å²) in [6.45, 7) is 0.568. The predicted molar refractivity (Wildman–Crippen MR) is 110 cm³/mol. The molecule has 1 aliphatic carbocycles. The van der Waals surface area contributed by atoms with Gasteiger partial charge >= 0.3 is 5.97 Å². The second-order valence-corrected chi connectivity index (χ2v) is 7.89. The first kappa shape index (κ1) is 18.8. The third kappa shape index (κ3) is 4.14. The highest BCUT2D eigenvalue weighted by Crippen LogP contribution is 2.36. The quantitative estimate of drug-likeness (QED) is 0.474. The number of hydrogen-bond acceptors (Lipinski definition) is 4. The number of benzene rings is 2. The maximum absolute atomic E-state index is 12.5. The molecule has 1 aliphatic heterocycles. The summed E-state index contributed by atoms with van der Waals surface area (Å²) in [5.41, 5.74) is 1.98. The molecule has 2 aromatic carbocycles. The van der Waals surface area contributed by atoms with Crippen LogP contribution in [0, 0.1) is 5.92 Å². The minimum absolute atomic E-state index is 0.223. The lowest BCUT2D eigenvalue weighted by molar-refractivity contribution is -0.137. The molecule has 5 heteroatoms. The lowest BCUT2D eigenvalue weighted by atomic mass is 9.90. The van der Waals surface area contributed by atoms with Gasteiger partial charge in [0.1, 0.15) is 17.3 Å². The van der Waals surface area contributed by atoms with E-state index >= 15 is 0 Å². The first-order valence-corrected chi connectivity index (χ1v) is 10.1. The van der Waals surface area contributed by atoms with Crippen molar-refractivity contribution in [1.29, 1.82) is 0 Å². The summed E-state index contributed by atoms with van der Waals surface area (Å²) in [5.74, 6) is 2.00. The number of rotatable bonds is 5. The maximum Gasteiger partial charge on any atom is 0.319 e. The van der Waals surface area contributed by atoms with Crippen molar-refractivity contribution in [2.45, 2.75) is 18.8 Å². The summed E-state index contributed by atoms with van der Waals surface area (Å²) >= 11 is 3.42. The SMILES string of the molecule is COC1=CCC(COc2ccc3c(c2)OC(=O)C(c2ccc(Br)cc2)C3)C=C1. The van der Waals surface area contributed by atoms with Gasteiger partial charge in [-0.15, -0.1) is 0 Å². The van der Waals surface area contributed by atoms with Gasteiger partial charge in [0.2, 0.25) is 0 Å². The topological polar surface area (TPSA) is 44.8 Å². The second kappa shape index (κ2) is 8.23. The van der Waals surface area contributed by atoms with Gasteiger partial charge in [0.15, 0.2) is 0 Å². The molecule has 4 nitrogen and oxygen atoms in total. The van der Waals surface area contributed by atoms with Crippen LogP contribution in [0.5, 0.6) is 11.5 Å². The van der Waals surface area contributed by atoms with Gasteiger partial charge in [-0.1, -0.05) is 40.2 Å². The Morgan fingerprint density at radius 3 is 2.71 bits per heavy atom. The summed E-state index contributed by atoms with van der Waals surface area (Å²) in [7, 11) is 1.67. The van der Waals surface area contributed by atoms with E-state index in [2.05, 4.69) is 28.1 Å². The zero-order valence-electron chi connectivity index (χ0n) is 15.6. The highest BCUT2D eigenvalue weighted by molar-refractivity contribution is 9.10. The molecule has 0 saturated carbocycles. The molecule has 144 valence electrons. The second-order valence-electron chi connectivity index (χ2n) is 6.98. The summed E-state index contributed by atoms with van der Waals surface area (Å²) in [5, 5.41) is 0. The fraction of sp³-hybridized carbons (Fsp3) is 0.261. The van der Waals surface area contributed by atoms with Crippen molar-refractivity contribution in [2.24, 2.45) is 5.92 Å². The van der Waals surface area contributed by atoms with Crippen molar-refractivity contribution < 1.29 is 19.0 Å². The van der Waals surface area contributed by atoms with Gasteiger partial charge in [-0.2, -0.15) is 0 Å². The number of esters is 1. The Morgan fingerprint density at radius 1 is 1.18 bits per heavy atom. The predicted octanol–water partition coefficient (Wildman–Crippen LogP) is 5.18. The number of fused-ring (bicyclic) bond motifs is 1. The van der Waals surface area contributed by atoms with E-state index in [4.69, 9.17) is 14.2 Å². The lowest BCUT2D eigenvalue weighted by Gasteiger charge is -2.24. The number of ether oxygens (including phenoxy) is 3. The van der Waals surface area contributed by atoms with Gasteiger partial charge in [-0.25, -0.2) is 0 Å². The average Bonchev–Trinajstić information content (AvgIpc) is 2.72. The van der Waals surface area contributed by atoms with E-state index < -0.39 is 0 Å². The normalized spacial score (nSPS) is 20.8. The van der Waals surface area contributed by atoms with Crippen molar-refractivity contribution in [3.05, 3.63) is 82.1 Å². The highest BCUT2D eigenvalue weighted by atomic mass is 79.9. The molecule has 28 heavy (non-hydrogen) atoms. The third-order valence-electron chi connectivity index (χ3n) is 5.08. The molecular weight excluding hydrogens is 420 g/mol. The summed E-state index contributed by atoms with van der Waals surface area (Å²) in [4.78, 5) is 12.5. The van der Waals surface area contributed by atoms with E-state index in [9.17, 15) is 4.79 Å². The van der Waals surface area contributed by atoms with Gasteiger partial charge in [0, 0.05) is 16.5 Å². The number of carbonyl (C=O) groups is 1. The third-order valence-corrected chi connectivity index (χ3v) is 5.61. The zero-order valence-corrected chi connectivity index (χ0v) is 17.1. The van der Waals surface area contributed by atoms with Crippen LogP contribution in [0.15, 0.2) is 70.9 Å². The highest BCUT2D eigenvalue weighted by Gasteiger charge is 2.30. The number of allylic oxidation sites excluding steroid dienone is 2. The van der Waals surface area contributed by atoms with Crippen LogP contribution in [0.25, 0.3) is 0 Å². The maximum atomic E-state index is 12.5. The van der Waals surface area contributed by atoms with E-state index in [1.807, 2.05) is 48.5 Å². The Hall–Kier alpha value is -2.53. The zero-order chi connectivity index (χ0) is 19.5. The van der Waals surface area contributed by atoms with Gasteiger partial charge in [0.05, 0.1) is 19.6 Å². The molecular formula is C23H21BrO4. The van der Waals surface area contributed by atoms with Crippen LogP contribution >= 0.6 is 15.9 Å². The molecule has 0 spiro atoms. The Balaban J connectivity index is 1.42. The first-order chi connectivity index (χ1) is 13.6. The van der Waals surface area contributed by atoms with Crippen LogP contribution < -0.4 is 9.47 Å². The molecule has 2 unspecified atom stereocenters. The standard InChI is InChI=1S/C23H21BrO4/c1-26-19-9-2-15(3-10-19)14-27-20-11-6-17-12-21(23(25)28-22(17)13-20)16-4-7-18(24)8-5-16/h2,4-11,13,15,21H,3,12,14H2,1H3. The number of hydrogen-bond donors (Lipinski definition) is 0. The summed E-state index contributed by atoms with van der Waals surface area (Å²) in [6, 6.07) is 13.6. The van der Waals surface area contributed by atoms with Crippen LogP contribution in [0.1, 0.15) is 23.5 Å². The fourth-order valence-electron chi connectivity index (χ4n) is 3.44. The van der Waals surface area contributed by atoms with Crippen molar-refractivity contribution in [1.82, 2.24) is 0 Å². The molecule has 0 saturated heterocycles. The van der Waals surface area contributed by atoms with Gasteiger partial charge in [-0.3, -0.25) is 4.79 Å². The van der Waals surface area contributed by atoms with E-state index in [0.717, 1.165) is 27.8 Å². The molecule has 2 aliphatic rings. The molecule has 0 bridgehead atoms. The van der Waals surface area contributed by atoms with Crippen LogP contribution in [0.2, 0.25) is 0 Å². The minimum Gasteiger partial charge on any atom is -0.497 e. The monoisotopic (exact) mass is 440 g/mol. The molecule has 0 radical (unpaired) electrons. The van der Waals surface area contributed by atoms with Crippen LogP contribution in [-0.4, -0.2) is 19.7 Å². The Kier molecular flexibility index (Phi) is 5.53. The van der Waals surface area contributed by atoms with E-state index in [1.165, 1.54) is 0 Å². The Bertz CT molecular complexity index is 930. The average molecular weight is 441 g/mol. The van der Waals surface area contributed by atoms with Crippen molar-refractivity contribution in [3.8, 4) is 11.5 Å². The van der Waals surface area contributed by atoms with E-state index in [0.29, 0.717) is 30.4 Å². The largest absolute Gasteiger partial charge is 0.497 e. The van der Waals surface area contributed by atoms with Crippen molar-refractivity contribution in [2.75, 3.05) is 13.7 Å². The number of halogens is 1. The van der Waals surface area contributed by atoms with Gasteiger partial charge < -0.3 is 14.2 Å². The number of carbonyl (C=O) groups excluding carboxylic acids is 1. The molecule has 2 aromatic rings. The molecule has 1 heterocycles. The molecule has 0 fully saturated rings. The van der Waals surface area contributed by atoms with Crippen molar-refractivity contribution in [3.63, 3.8) is 0 Å². The smallest absolute Gasteiger partial charge is 0.319 e. The van der Waals surface area contributed by atoms with Gasteiger partial charge in [0.25, 0.3) is 0 Å². The molecule has 0 aromatic heterocycles. The summed E-state index contributed by atoms with van der Waals surface area (Å²) < 4.78 is 17.7. The van der Waals surface area contributed by atoms with Gasteiger partial charge in [-0.05, 0) is 54.3 Å². The molecule has 4 rings (SSSR count). The van der Waals surface area contributed by atoms with E-state index in [1.54, 1.807) is 7.11 Å². The molecule has 0 N–H and O–H groups in total.